The molecule has 0 radical (unpaired) electrons. The fourth-order valence-corrected chi connectivity index (χ4v) is 2.88. The molecule has 0 aliphatic carbocycles. The van der Waals surface area contributed by atoms with Crippen molar-refractivity contribution in [1.29, 1.82) is 0 Å². The number of carbonyl (C=O) groups excluding carboxylic acids is 1. The predicted molar refractivity (Wildman–Crippen MR) is 89.3 cm³/mol. The molecule has 0 atom stereocenters. The Bertz CT molecular complexity index is 655. The Hall–Kier alpha value is -1.37. The zero-order valence-corrected chi connectivity index (χ0v) is 14.3. The Morgan fingerprint density at radius 1 is 1.33 bits per heavy atom. The highest BCUT2D eigenvalue weighted by Crippen LogP contribution is 2.22. The van der Waals surface area contributed by atoms with Crippen LogP contribution in [0.3, 0.4) is 0 Å². The van der Waals surface area contributed by atoms with Gasteiger partial charge in [-0.25, -0.2) is 5.43 Å². The summed E-state index contributed by atoms with van der Waals surface area (Å²) in [5.41, 5.74) is 3.20. The van der Waals surface area contributed by atoms with Crippen LogP contribution >= 0.6 is 38.9 Å². The van der Waals surface area contributed by atoms with E-state index < -0.39 is 0 Å². The molecule has 21 heavy (non-hydrogen) atoms. The molecule has 1 heterocycles. The first-order valence-corrected chi connectivity index (χ1v) is 8.00. The number of nitrogens with one attached hydrogen (secondary N) is 1. The Balaban J connectivity index is 1.83. The highest BCUT2D eigenvalue weighted by atomic mass is 79.9. The first kappa shape index (κ1) is 16.0. The fraction of sp³-hybridized carbons (Fsp3) is 0.143. The van der Waals surface area contributed by atoms with Crippen LogP contribution in [0.4, 0.5) is 0 Å². The second-order valence-electron chi connectivity index (χ2n) is 4.08. The maximum Gasteiger partial charge on any atom is 0.277 e. The van der Waals surface area contributed by atoms with Gasteiger partial charge in [-0.15, -0.1) is 11.3 Å². The van der Waals surface area contributed by atoms with Gasteiger partial charge < -0.3 is 4.74 Å². The van der Waals surface area contributed by atoms with Crippen molar-refractivity contribution in [2.45, 2.75) is 6.92 Å². The van der Waals surface area contributed by atoms with Gasteiger partial charge in [0.05, 0.1) is 14.4 Å². The van der Waals surface area contributed by atoms with E-state index in [0.717, 1.165) is 14.4 Å². The summed E-state index contributed by atoms with van der Waals surface area (Å²) in [6, 6.07) is 10.7. The molecule has 1 aromatic carbocycles. The molecule has 2 aromatic rings. The zero-order chi connectivity index (χ0) is 15.2. The van der Waals surface area contributed by atoms with E-state index in [9.17, 15) is 4.79 Å². The maximum atomic E-state index is 11.6. The third-order valence-electron chi connectivity index (χ3n) is 2.46. The lowest BCUT2D eigenvalue weighted by molar-refractivity contribution is -0.123. The highest BCUT2D eigenvalue weighted by molar-refractivity contribution is 9.11. The molecule has 0 saturated carbocycles. The SMILES string of the molecule is CC(=NNC(=O)COc1ccc(Cl)cc1)c1ccc(Br)s1. The zero-order valence-electron chi connectivity index (χ0n) is 11.1. The molecule has 1 amide bonds. The molecule has 0 bridgehead atoms. The van der Waals surface area contributed by atoms with Gasteiger partial charge in [0.1, 0.15) is 5.75 Å². The van der Waals surface area contributed by atoms with Crippen LogP contribution in [0.5, 0.6) is 5.75 Å². The number of thiophene rings is 1. The predicted octanol–water partition coefficient (Wildman–Crippen LogP) is 4.08. The second kappa shape index (κ2) is 7.59. The van der Waals surface area contributed by atoms with E-state index in [2.05, 4.69) is 26.5 Å². The monoisotopic (exact) mass is 386 g/mol. The fourth-order valence-electron chi connectivity index (χ4n) is 1.42. The summed E-state index contributed by atoms with van der Waals surface area (Å²) in [7, 11) is 0. The largest absolute Gasteiger partial charge is 0.484 e. The average molecular weight is 388 g/mol. The van der Waals surface area contributed by atoms with E-state index in [1.807, 2.05) is 19.1 Å². The summed E-state index contributed by atoms with van der Waals surface area (Å²) in [5, 5.41) is 4.66. The number of halogens is 2. The smallest absolute Gasteiger partial charge is 0.277 e. The van der Waals surface area contributed by atoms with Gasteiger partial charge in [0.15, 0.2) is 6.61 Å². The van der Waals surface area contributed by atoms with Gasteiger partial charge in [0, 0.05) is 5.02 Å². The molecule has 0 aliphatic heterocycles. The molecular formula is C14H12BrClN2O2S. The molecule has 0 fully saturated rings. The lowest BCUT2D eigenvalue weighted by atomic mass is 10.3. The normalized spacial score (nSPS) is 11.3. The Labute approximate surface area is 139 Å². The Kier molecular flexibility index (Phi) is 5.78. The molecule has 0 saturated heterocycles. The first-order valence-electron chi connectivity index (χ1n) is 6.02. The van der Waals surface area contributed by atoms with Crippen molar-refractivity contribution in [3.8, 4) is 5.75 Å². The number of hydrogen-bond acceptors (Lipinski definition) is 4. The summed E-state index contributed by atoms with van der Waals surface area (Å²) in [5.74, 6) is 0.261. The number of amides is 1. The minimum atomic E-state index is -0.320. The van der Waals surface area contributed by atoms with Gasteiger partial charge in [0.25, 0.3) is 5.91 Å². The molecule has 2 rings (SSSR count). The molecule has 7 heteroatoms. The van der Waals surface area contributed by atoms with E-state index in [1.54, 1.807) is 35.6 Å². The first-order chi connectivity index (χ1) is 10.0. The van der Waals surface area contributed by atoms with Gasteiger partial charge in [-0.05, 0) is 59.3 Å². The van der Waals surface area contributed by atoms with Gasteiger partial charge in [-0.2, -0.15) is 5.10 Å². The summed E-state index contributed by atoms with van der Waals surface area (Å²) >= 11 is 10.7. The summed E-state index contributed by atoms with van der Waals surface area (Å²) in [6.45, 7) is 1.73. The molecule has 0 spiro atoms. The number of nitrogens with zero attached hydrogens (tertiary/aromatic N) is 1. The molecule has 4 nitrogen and oxygen atoms in total. The van der Waals surface area contributed by atoms with Crippen LogP contribution in [0.1, 0.15) is 11.8 Å². The third kappa shape index (κ3) is 5.15. The van der Waals surface area contributed by atoms with Crippen molar-refractivity contribution >= 4 is 50.5 Å². The van der Waals surface area contributed by atoms with Gasteiger partial charge in [0.2, 0.25) is 0 Å². The topological polar surface area (TPSA) is 50.7 Å². The van der Waals surface area contributed by atoms with E-state index in [-0.39, 0.29) is 12.5 Å². The van der Waals surface area contributed by atoms with Gasteiger partial charge >= 0.3 is 0 Å². The number of hydrazone groups is 1. The standard InChI is InChI=1S/C14H12BrClN2O2S/c1-9(12-6-7-13(15)21-12)17-18-14(19)8-20-11-4-2-10(16)3-5-11/h2-7H,8H2,1H3,(H,18,19). The van der Waals surface area contributed by atoms with Crippen LogP contribution in [0.2, 0.25) is 5.02 Å². The average Bonchev–Trinajstić information content (AvgIpc) is 2.91. The summed E-state index contributed by atoms with van der Waals surface area (Å²) < 4.78 is 6.34. The van der Waals surface area contributed by atoms with Crippen LogP contribution in [0, 0.1) is 0 Å². The molecular weight excluding hydrogens is 376 g/mol. The highest BCUT2D eigenvalue weighted by Gasteiger charge is 2.04. The van der Waals surface area contributed by atoms with E-state index >= 15 is 0 Å². The number of benzene rings is 1. The molecule has 110 valence electrons. The van der Waals surface area contributed by atoms with Crippen LogP contribution in [-0.2, 0) is 4.79 Å². The lowest BCUT2D eigenvalue weighted by Crippen LogP contribution is -2.25. The number of hydrogen-bond donors (Lipinski definition) is 1. The van der Waals surface area contributed by atoms with Crippen LogP contribution < -0.4 is 10.2 Å². The molecule has 1 N–H and O–H groups in total. The van der Waals surface area contributed by atoms with Crippen LogP contribution in [0.25, 0.3) is 0 Å². The second-order valence-corrected chi connectivity index (χ2v) is 6.98. The van der Waals surface area contributed by atoms with E-state index in [0.29, 0.717) is 10.8 Å². The molecule has 0 aliphatic rings. The minimum Gasteiger partial charge on any atom is -0.484 e. The Morgan fingerprint density at radius 3 is 2.67 bits per heavy atom. The molecule has 0 unspecified atom stereocenters. The van der Waals surface area contributed by atoms with E-state index in [4.69, 9.17) is 16.3 Å². The van der Waals surface area contributed by atoms with Crippen molar-refractivity contribution < 1.29 is 9.53 Å². The number of rotatable bonds is 5. The van der Waals surface area contributed by atoms with Gasteiger partial charge in [-0.1, -0.05) is 11.6 Å². The van der Waals surface area contributed by atoms with Crippen molar-refractivity contribution in [1.82, 2.24) is 5.43 Å². The van der Waals surface area contributed by atoms with Crippen LogP contribution in [-0.4, -0.2) is 18.2 Å². The van der Waals surface area contributed by atoms with Crippen LogP contribution in [0.15, 0.2) is 45.3 Å². The third-order valence-corrected chi connectivity index (χ3v) is 4.45. The number of ether oxygens (including phenoxy) is 1. The quantitative estimate of drug-likeness (QED) is 0.621. The Morgan fingerprint density at radius 2 is 2.05 bits per heavy atom. The molecule has 1 aromatic heterocycles. The minimum absolute atomic E-state index is 0.105. The van der Waals surface area contributed by atoms with E-state index in [1.165, 1.54) is 0 Å². The number of carbonyl (C=O) groups is 1. The van der Waals surface area contributed by atoms with Crippen molar-refractivity contribution in [2.24, 2.45) is 5.10 Å². The van der Waals surface area contributed by atoms with Gasteiger partial charge in [-0.3, -0.25) is 4.79 Å². The summed E-state index contributed by atoms with van der Waals surface area (Å²) in [4.78, 5) is 12.6. The van der Waals surface area contributed by atoms with Crippen molar-refractivity contribution in [2.75, 3.05) is 6.61 Å². The maximum absolute atomic E-state index is 11.6. The summed E-state index contributed by atoms with van der Waals surface area (Å²) in [6.07, 6.45) is 0. The lowest BCUT2D eigenvalue weighted by Gasteiger charge is -2.05. The van der Waals surface area contributed by atoms with Crippen molar-refractivity contribution in [3.63, 3.8) is 0 Å². The van der Waals surface area contributed by atoms with Crippen molar-refractivity contribution in [3.05, 3.63) is 50.1 Å².